The number of anilines is 1. The van der Waals surface area contributed by atoms with Crippen LogP contribution in [0.2, 0.25) is 0 Å². The van der Waals surface area contributed by atoms with Crippen molar-refractivity contribution in [3.05, 3.63) is 71.5 Å². The van der Waals surface area contributed by atoms with Crippen molar-refractivity contribution in [1.29, 1.82) is 0 Å². The first-order valence-electron chi connectivity index (χ1n) is 13.2. The van der Waals surface area contributed by atoms with Crippen molar-refractivity contribution in [2.24, 2.45) is 5.92 Å². The second kappa shape index (κ2) is 9.47. The van der Waals surface area contributed by atoms with E-state index in [4.69, 9.17) is 9.97 Å². The molecule has 3 heterocycles. The zero-order valence-electron chi connectivity index (χ0n) is 20.9. The number of hydrogen-bond donors (Lipinski definition) is 0. The van der Waals surface area contributed by atoms with Gasteiger partial charge in [0.2, 0.25) is 0 Å². The Hall–Kier alpha value is -3.42. The molecule has 6 rings (SSSR count). The van der Waals surface area contributed by atoms with Gasteiger partial charge in [0.1, 0.15) is 17.7 Å². The van der Waals surface area contributed by atoms with Crippen LogP contribution in [0, 0.1) is 5.92 Å². The maximum atomic E-state index is 13.2. The van der Waals surface area contributed by atoms with E-state index in [0.29, 0.717) is 24.2 Å². The summed E-state index contributed by atoms with van der Waals surface area (Å²) in [5, 5.41) is 0. The molecule has 0 radical (unpaired) electrons. The van der Waals surface area contributed by atoms with Crippen LogP contribution in [-0.2, 0) is 19.1 Å². The zero-order valence-corrected chi connectivity index (χ0v) is 20.9. The van der Waals surface area contributed by atoms with Crippen LogP contribution in [0.3, 0.4) is 0 Å². The molecule has 8 heteroatoms. The molecular formula is C29H30F3N5. The van der Waals surface area contributed by atoms with Crippen LogP contribution < -0.4 is 4.90 Å². The highest BCUT2D eigenvalue weighted by Crippen LogP contribution is 2.41. The Labute approximate surface area is 214 Å². The van der Waals surface area contributed by atoms with E-state index in [1.54, 1.807) is 18.5 Å². The van der Waals surface area contributed by atoms with E-state index in [1.165, 1.54) is 24.8 Å². The minimum atomic E-state index is -4.36. The highest BCUT2D eigenvalue weighted by atomic mass is 19.4. The molecule has 1 saturated heterocycles. The third-order valence-electron chi connectivity index (χ3n) is 8.00. The molecule has 0 N–H and O–H groups in total. The van der Waals surface area contributed by atoms with Gasteiger partial charge in [-0.15, -0.1) is 0 Å². The van der Waals surface area contributed by atoms with Gasteiger partial charge in [-0.1, -0.05) is 43.7 Å². The Bertz CT molecular complexity index is 1410. The number of alkyl halides is 3. The third kappa shape index (κ3) is 4.47. The summed E-state index contributed by atoms with van der Waals surface area (Å²) in [6.45, 7) is 3.43. The molecule has 4 aromatic rings. The Morgan fingerprint density at radius 3 is 2.46 bits per heavy atom. The Morgan fingerprint density at radius 2 is 1.76 bits per heavy atom. The molecule has 192 valence electrons. The molecule has 1 atom stereocenters. The average Bonchev–Trinajstić information content (AvgIpc) is 3.48. The molecule has 0 unspecified atom stereocenters. The first-order valence-corrected chi connectivity index (χ1v) is 13.2. The van der Waals surface area contributed by atoms with Gasteiger partial charge in [0, 0.05) is 24.7 Å². The van der Waals surface area contributed by atoms with Crippen molar-refractivity contribution in [2.75, 3.05) is 11.4 Å². The molecule has 2 aromatic heterocycles. The Balaban J connectivity index is 1.49. The minimum Gasteiger partial charge on any atom is -0.351 e. The topological polar surface area (TPSA) is 46.8 Å². The van der Waals surface area contributed by atoms with Crippen LogP contribution in [0.5, 0.6) is 0 Å². The lowest BCUT2D eigenvalue weighted by Gasteiger charge is -2.37. The number of aryl methyl sites for hydroxylation is 1. The van der Waals surface area contributed by atoms with Gasteiger partial charge >= 0.3 is 6.18 Å². The molecule has 5 nitrogen and oxygen atoms in total. The number of imidazole rings is 1. The van der Waals surface area contributed by atoms with Crippen molar-refractivity contribution >= 4 is 17.0 Å². The molecular weight excluding hydrogens is 475 g/mol. The maximum Gasteiger partial charge on any atom is 0.416 e. The summed E-state index contributed by atoms with van der Waals surface area (Å²) in [5.74, 6) is 2.34. The second-order valence-corrected chi connectivity index (χ2v) is 10.2. The fourth-order valence-corrected chi connectivity index (χ4v) is 5.82. The average molecular weight is 506 g/mol. The normalized spacial score (nSPS) is 18.5. The van der Waals surface area contributed by atoms with Crippen molar-refractivity contribution < 1.29 is 13.2 Å². The highest BCUT2D eigenvalue weighted by molar-refractivity contribution is 5.87. The van der Waals surface area contributed by atoms with E-state index in [1.807, 2.05) is 12.1 Å². The van der Waals surface area contributed by atoms with Gasteiger partial charge in [-0.3, -0.25) is 0 Å². The number of halogens is 3. The van der Waals surface area contributed by atoms with Crippen LogP contribution in [0.25, 0.3) is 22.6 Å². The molecule has 2 aromatic carbocycles. The number of benzene rings is 2. The summed E-state index contributed by atoms with van der Waals surface area (Å²) in [4.78, 5) is 16.7. The van der Waals surface area contributed by atoms with E-state index in [0.717, 1.165) is 66.2 Å². The molecule has 2 aliphatic rings. The Kier molecular flexibility index (Phi) is 6.13. The molecule has 1 saturated carbocycles. The summed E-state index contributed by atoms with van der Waals surface area (Å²) in [6, 6.07) is 14.1. The summed E-state index contributed by atoms with van der Waals surface area (Å²) in [6.07, 6.45) is 4.23. The fraction of sp³-hybridized carbons (Fsp3) is 0.414. The summed E-state index contributed by atoms with van der Waals surface area (Å²) in [5.41, 5.74) is 3.76. The van der Waals surface area contributed by atoms with E-state index in [9.17, 15) is 13.2 Å². The van der Waals surface area contributed by atoms with E-state index in [2.05, 4.69) is 33.5 Å². The van der Waals surface area contributed by atoms with E-state index in [-0.39, 0.29) is 0 Å². The molecule has 1 aliphatic heterocycles. The first-order chi connectivity index (χ1) is 17.9. The van der Waals surface area contributed by atoms with Crippen LogP contribution in [0.4, 0.5) is 19.0 Å². The molecule has 37 heavy (non-hydrogen) atoms. The highest BCUT2D eigenvalue weighted by Gasteiger charge is 2.37. The van der Waals surface area contributed by atoms with Gasteiger partial charge in [-0.25, -0.2) is 15.0 Å². The number of rotatable bonds is 6. The molecule has 0 amide bonds. The van der Waals surface area contributed by atoms with Crippen LogP contribution in [-0.4, -0.2) is 32.1 Å². The van der Waals surface area contributed by atoms with Gasteiger partial charge in [-0.05, 0) is 67.3 Å². The fourth-order valence-electron chi connectivity index (χ4n) is 5.82. The summed E-state index contributed by atoms with van der Waals surface area (Å²) >= 11 is 0. The summed E-state index contributed by atoms with van der Waals surface area (Å²) in [7, 11) is 0. The number of hydrogen-bond acceptors (Lipinski definition) is 4. The lowest BCUT2D eigenvalue weighted by atomic mass is 9.79. The standard InChI is InChI=1S/C29H30F3N5/c1-2-19-6-3-9-22(16-19)27-35-26-25(37(27)17-20-11-13-23(14-12-20)29(30,31)32)28(34-18-33-26)36-15-5-10-24(36)21-7-4-8-21/h3,6,9,11-14,16,18,21,24H,2,4-5,7-8,10,15,17H2,1H3/t24-/m1/s1. The third-order valence-corrected chi connectivity index (χ3v) is 8.00. The van der Waals surface area contributed by atoms with Crippen molar-refractivity contribution in [3.63, 3.8) is 0 Å². The molecule has 0 spiro atoms. The van der Waals surface area contributed by atoms with Gasteiger partial charge in [0.25, 0.3) is 0 Å². The van der Waals surface area contributed by atoms with Gasteiger partial charge in [-0.2, -0.15) is 13.2 Å². The largest absolute Gasteiger partial charge is 0.416 e. The van der Waals surface area contributed by atoms with Crippen LogP contribution in [0.1, 0.15) is 55.7 Å². The van der Waals surface area contributed by atoms with Gasteiger partial charge in [0.05, 0.1) is 5.56 Å². The van der Waals surface area contributed by atoms with E-state index >= 15 is 0 Å². The van der Waals surface area contributed by atoms with Crippen LogP contribution >= 0.6 is 0 Å². The number of nitrogens with zero attached hydrogens (tertiary/aromatic N) is 5. The van der Waals surface area contributed by atoms with E-state index < -0.39 is 11.7 Å². The number of aromatic nitrogens is 4. The molecule has 1 aliphatic carbocycles. The number of fused-ring (bicyclic) bond motifs is 1. The van der Waals surface area contributed by atoms with Gasteiger partial charge in [0.15, 0.2) is 11.5 Å². The second-order valence-electron chi connectivity index (χ2n) is 10.2. The predicted molar refractivity (Wildman–Crippen MR) is 138 cm³/mol. The predicted octanol–water partition coefficient (Wildman–Crippen LogP) is 6.89. The van der Waals surface area contributed by atoms with Crippen molar-refractivity contribution in [2.45, 2.75) is 64.2 Å². The SMILES string of the molecule is CCc1cccc(-c2nc3ncnc(N4CCC[C@@H]4C4CCC4)c3n2Cc2ccc(C(F)(F)F)cc2)c1. The zero-order chi connectivity index (χ0) is 25.6. The van der Waals surface area contributed by atoms with Gasteiger partial charge < -0.3 is 9.47 Å². The molecule has 0 bridgehead atoms. The lowest BCUT2D eigenvalue weighted by molar-refractivity contribution is -0.137. The van der Waals surface area contributed by atoms with Crippen molar-refractivity contribution in [1.82, 2.24) is 19.5 Å². The Morgan fingerprint density at radius 1 is 0.946 bits per heavy atom. The quantitative estimate of drug-likeness (QED) is 0.286. The smallest absolute Gasteiger partial charge is 0.351 e. The van der Waals surface area contributed by atoms with Crippen molar-refractivity contribution in [3.8, 4) is 11.4 Å². The summed E-state index contributed by atoms with van der Waals surface area (Å²) < 4.78 is 41.7. The minimum absolute atomic E-state index is 0.378. The maximum absolute atomic E-state index is 13.2. The molecule has 2 fully saturated rings. The monoisotopic (exact) mass is 505 g/mol. The van der Waals surface area contributed by atoms with Crippen LogP contribution in [0.15, 0.2) is 54.9 Å². The lowest BCUT2D eigenvalue weighted by Crippen LogP contribution is -2.39. The first kappa shape index (κ1) is 23.9.